The van der Waals surface area contributed by atoms with E-state index in [1.54, 1.807) is 47.9 Å². The Morgan fingerprint density at radius 3 is 2.86 bits per heavy atom. The van der Waals surface area contributed by atoms with Crippen LogP contribution < -0.4 is 15.4 Å². The number of anilines is 1. The summed E-state index contributed by atoms with van der Waals surface area (Å²) in [7, 11) is 1.58. The maximum atomic E-state index is 12.4. The molecule has 0 bridgehead atoms. The minimum absolute atomic E-state index is 0.150. The highest BCUT2D eigenvalue weighted by atomic mass is 32.2. The van der Waals surface area contributed by atoms with E-state index in [9.17, 15) is 4.79 Å². The van der Waals surface area contributed by atoms with Crippen molar-refractivity contribution < 1.29 is 9.53 Å². The standard InChI is InChI=1S/C20H26N6O2S/c1-4-9-21-17-16-13-23-26(18(16)25-20(24-17)29-5-2)11-10-22-19(27)14-7-6-8-15(12-14)28-3/h6-8,12-13H,4-5,9-11H2,1-3H3,(H,22,27)(H,21,24,25). The second kappa shape index (κ2) is 10.1. The topological polar surface area (TPSA) is 94.0 Å². The SMILES string of the molecule is CCCNc1nc(SCC)nc2c1cnn2CCNC(=O)c1cccc(OC)c1. The molecule has 0 fully saturated rings. The normalized spacial score (nSPS) is 10.9. The summed E-state index contributed by atoms with van der Waals surface area (Å²) in [5.74, 6) is 2.20. The Labute approximate surface area is 174 Å². The lowest BCUT2D eigenvalue weighted by Crippen LogP contribution is -2.27. The summed E-state index contributed by atoms with van der Waals surface area (Å²) < 4.78 is 6.98. The average Bonchev–Trinajstić information content (AvgIpc) is 3.15. The fourth-order valence-electron chi connectivity index (χ4n) is 2.81. The van der Waals surface area contributed by atoms with Gasteiger partial charge >= 0.3 is 0 Å². The lowest BCUT2D eigenvalue weighted by atomic mass is 10.2. The molecule has 2 aromatic heterocycles. The predicted molar refractivity (Wildman–Crippen MR) is 116 cm³/mol. The first-order chi connectivity index (χ1) is 14.2. The van der Waals surface area contributed by atoms with E-state index in [1.807, 2.05) is 6.07 Å². The average molecular weight is 415 g/mol. The monoisotopic (exact) mass is 414 g/mol. The van der Waals surface area contributed by atoms with Crippen molar-refractivity contribution in [1.82, 2.24) is 25.1 Å². The number of carbonyl (C=O) groups is 1. The van der Waals surface area contributed by atoms with Crippen LogP contribution in [-0.2, 0) is 6.54 Å². The van der Waals surface area contributed by atoms with Gasteiger partial charge in [0.05, 0.1) is 25.2 Å². The van der Waals surface area contributed by atoms with Crippen LogP contribution in [0.5, 0.6) is 5.75 Å². The maximum Gasteiger partial charge on any atom is 0.251 e. The second-order valence-electron chi connectivity index (χ2n) is 6.31. The highest BCUT2D eigenvalue weighted by Gasteiger charge is 2.13. The number of nitrogens with one attached hydrogen (secondary N) is 2. The van der Waals surface area contributed by atoms with E-state index in [0.717, 1.165) is 40.7 Å². The highest BCUT2D eigenvalue weighted by molar-refractivity contribution is 7.99. The van der Waals surface area contributed by atoms with Crippen LogP contribution in [0.2, 0.25) is 0 Å². The Kier molecular flexibility index (Phi) is 7.29. The molecule has 0 aliphatic heterocycles. The van der Waals surface area contributed by atoms with Gasteiger partial charge in [-0.1, -0.05) is 31.7 Å². The van der Waals surface area contributed by atoms with Gasteiger partial charge in [-0.05, 0) is 30.4 Å². The number of hydrogen-bond acceptors (Lipinski definition) is 7. The summed E-state index contributed by atoms with van der Waals surface area (Å²) in [5, 5.41) is 12.3. The molecule has 0 radical (unpaired) electrons. The van der Waals surface area contributed by atoms with Crippen LogP contribution in [0.3, 0.4) is 0 Å². The van der Waals surface area contributed by atoms with Crippen molar-refractivity contribution in [2.45, 2.75) is 32.0 Å². The van der Waals surface area contributed by atoms with E-state index in [4.69, 9.17) is 4.74 Å². The summed E-state index contributed by atoms with van der Waals surface area (Å²) in [4.78, 5) is 21.6. The molecule has 9 heteroatoms. The lowest BCUT2D eigenvalue weighted by molar-refractivity contribution is 0.0951. The van der Waals surface area contributed by atoms with Crippen LogP contribution >= 0.6 is 11.8 Å². The van der Waals surface area contributed by atoms with Crippen LogP contribution in [0.4, 0.5) is 5.82 Å². The quantitative estimate of drug-likeness (QED) is 0.389. The lowest BCUT2D eigenvalue weighted by Gasteiger charge is -2.09. The maximum absolute atomic E-state index is 12.4. The van der Waals surface area contributed by atoms with Crippen LogP contribution in [0, 0.1) is 0 Å². The number of ether oxygens (including phenoxy) is 1. The first kappa shape index (κ1) is 20.9. The van der Waals surface area contributed by atoms with Crippen molar-refractivity contribution in [1.29, 1.82) is 0 Å². The van der Waals surface area contributed by atoms with Crippen molar-refractivity contribution in [3.05, 3.63) is 36.0 Å². The van der Waals surface area contributed by atoms with Gasteiger partial charge in [0.15, 0.2) is 10.8 Å². The van der Waals surface area contributed by atoms with Gasteiger partial charge in [-0.25, -0.2) is 14.6 Å². The molecule has 0 saturated carbocycles. The van der Waals surface area contributed by atoms with Crippen LogP contribution in [-0.4, -0.2) is 51.6 Å². The van der Waals surface area contributed by atoms with Crippen molar-refractivity contribution in [3.63, 3.8) is 0 Å². The number of methoxy groups -OCH3 is 1. The number of benzene rings is 1. The second-order valence-corrected chi connectivity index (χ2v) is 7.54. The number of amides is 1. The van der Waals surface area contributed by atoms with Gasteiger partial charge in [0, 0.05) is 18.7 Å². The Morgan fingerprint density at radius 1 is 1.24 bits per heavy atom. The first-order valence-electron chi connectivity index (χ1n) is 9.68. The van der Waals surface area contributed by atoms with E-state index < -0.39 is 0 Å². The summed E-state index contributed by atoms with van der Waals surface area (Å²) in [6, 6.07) is 7.08. The Hall–Kier alpha value is -2.81. The molecule has 0 aliphatic carbocycles. The summed E-state index contributed by atoms with van der Waals surface area (Å²) in [6.07, 6.45) is 2.78. The molecule has 8 nitrogen and oxygen atoms in total. The molecule has 2 heterocycles. The van der Waals surface area contributed by atoms with Gasteiger partial charge in [-0.2, -0.15) is 5.10 Å². The predicted octanol–water partition coefficient (Wildman–Crippen LogP) is 3.20. The molecule has 0 saturated heterocycles. The molecule has 3 rings (SSSR count). The Morgan fingerprint density at radius 2 is 2.10 bits per heavy atom. The first-order valence-corrected chi connectivity index (χ1v) is 10.7. The van der Waals surface area contributed by atoms with Gasteiger partial charge < -0.3 is 15.4 Å². The fraction of sp³-hybridized carbons (Fsp3) is 0.400. The third kappa shape index (κ3) is 5.17. The third-order valence-corrected chi connectivity index (χ3v) is 4.96. The molecule has 2 N–H and O–H groups in total. The van der Waals surface area contributed by atoms with Gasteiger partial charge in [-0.3, -0.25) is 4.79 Å². The minimum Gasteiger partial charge on any atom is -0.497 e. The van der Waals surface area contributed by atoms with Gasteiger partial charge in [-0.15, -0.1) is 0 Å². The van der Waals surface area contributed by atoms with Gasteiger partial charge in [0.1, 0.15) is 11.6 Å². The summed E-state index contributed by atoms with van der Waals surface area (Å²) >= 11 is 1.59. The minimum atomic E-state index is -0.150. The number of aromatic nitrogens is 4. The zero-order chi connectivity index (χ0) is 20.6. The van der Waals surface area contributed by atoms with Crippen molar-refractivity contribution >= 4 is 34.5 Å². The van der Waals surface area contributed by atoms with Crippen LogP contribution in [0.15, 0.2) is 35.6 Å². The number of rotatable bonds is 10. The molecular weight excluding hydrogens is 388 g/mol. The number of hydrogen-bond donors (Lipinski definition) is 2. The van der Waals surface area contributed by atoms with E-state index in [0.29, 0.717) is 24.4 Å². The van der Waals surface area contributed by atoms with Gasteiger partial charge in [0.2, 0.25) is 0 Å². The highest BCUT2D eigenvalue weighted by Crippen LogP contribution is 2.24. The molecule has 1 amide bonds. The third-order valence-electron chi connectivity index (χ3n) is 4.23. The zero-order valence-corrected chi connectivity index (χ0v) is 17.8. The summed E-state index contributed by atoms with van der Waals surface area (Å²) in [6.45, 7) is 5.97. The number of thioether (sulfide) groups is 1. The largest absolute Gasteiger partial charge is 0.497 e. The molecule has 1 aromatic carbocycles. The van der Waals surface area contributed by atoms with E-state index >= 15 is 0 Å². The Balaban J connectivity index is 1.72. The van der Waals surface area contributed by atoms with Crippen molar-refractivity contribution in [3.8, 4) is 5.75 Å². The van der Waals surface area contributed by atoms with Crippen LogP contribution in [0.25, 0.3) is 11.0 Å². The summed E-state index contributed by atoms with van der Waals surface area (Å²) in [5.41, 5.74) is 1.33. The van der Waals surface area contributed by atoms with E-state index in [1.165, 1.54) is 0 Å². The molecule has 0 unspecified atom stereocenters. The van der Waals surface area contributed by atoms with E-state index in [-0.39, 0.29) is 5.91 Å². The molecule has 0 spiro atoms. The van der Waals surface area contributed by atoms with Crippen LogP contribution in [0.1, 0.15) is 30.6 Å². The molecule has 0 aliphatic rings. The van der Waals surface area contributed by atoms with Crippen molar-refractivity contribution in [2.75, 3.05) is 31.3 Å². The molecule has 29 heavy (non-hydrogen) atoms. The molecular formula is C20H26N6O2S. The Bertz CT molecular complexity index is 975. The molecule has 3 aromatic rings. The smallest absolute Gasteiger partial charge is 0.251 e. The number of carbonyl (C=O) groups excluding carboxylic acids is 1. The van der Waals surface area contributed by atoms with Gasteiger partial charge in [0.25, 0.3) is 5.91 Å². The van der Waals surface area contributed by atoms with Crippen molar-refractivity contribution in [2.24, 2.45) is 0 Å². The number of nitrogens with zero attached hydrogens (tertiary/aromatic N) is 4. The number of fused-ring (bicyclic) bond motifs is 1. The zero-order valence-electron chi connectivity index (χ0n) is 16.9. The fourth-order valence-corrected chi connectivity index (χ4v) is 3.38. The molecule has 0 atom stereocenters. The van der Waals surface area contributed by atoms with E-state index in [2.05, 4.69) is 39.5 Å². The molecule has 154 valence electrons.